The lowest BCUT2D eigenvalue weighted by Gasteiger charge is -2.04. The summed E-state index contributed by atoms with van der Waals surface area (Å²) in [4.78, 5) is 12.0. The summed E-state index contributed by atoms with van der Waals surface area (Å²) in [5.74, 6) is 0.118. The Morgan fingerprint density at radius 1 is 1.33 bits per heavy atom. The average Bonchev–Trinajstić information content (AvgIpc) is 2.80. The Balaban J connectivity index is 2.14. The van der Waals surface area contributed by atoms with Crippen LogP contribution in [-0.4, -0.2) is 16.1 Å². The van der Waals surface area contributed by atoms with Crippen molar-refractivity contribution in [3.8, 4) is 0 Å². The van der Waals surface area contributed by atoms with E-state index in [2.05, 4.69) is 15.5 Å². The van der Waals surface area contributed by atoms with Gasteiger partial charge in [-0.15, -0.1) is 21.8 Å². The third-order valence-corrected chi connectivity index (χ3v) is 3.82. The number of halogens is 1. The van der Waals surface area contributed by atoms with Crippen LogP contribution in [0.1, 0.15) is 26.5 Å². The minimum absolute atomic E-state index is 0.185. The third-order valence-electron chi connectivity index (χ3n) is 2.57. The minimum Gasteiger partial charge on any atom is -0.296 e. The van der Waals surface area contributed by atoms with E-state index in [1.165, 1.54) is 11.3 Å². The molecule has 0 aliphatic carbocycles. The summed E-state index contributed by atoms with van der Waals surface area (Å²) >= 11 is 6.90. The van der Waals surface area contributed by atoms with Crippen LogP contribution in [-0.2, 0) is 5.88 Å². The molecule has 1 N–H and O–H groups in total. The first-order chi connectivity index (χ1) is 8.60. The van der Waals surface area contributed by atoms with Gasteiger partial charge in [0, 0.05) is 5.56 Å². The maximum Gasteiger partial charge on any atom is 0.257 e. The topological polar surface area (TPSA) is 54.9 Å². The lowest BCUT2D eigenvalue weighted by Crippen LogP contribution is -2.12. The third kappa shape index (κ3) is 2.86. The number of aryl methyl sites for hydroxylation is 2. The summed E-state index contributed by atoms with van der Waals surface area (Å²) in [6.07, 6.45) is 0. The number of rotatable bonds is 3. The summed E-state index contributed by atoms with van der Waals surface area (Å²) in [5.41, 5.74) is 2.86. The van der Waals surface area contributed by atoms with Crippen molar-refractivity contribution in [3.63, 3.8) is 0 Å². The Labute approximate surface area is 114 Å². The number of alkyl halides is 1. The number of anilines is 1. The molecule has 0 saturated heterocycles. The van der Waals surface area contributed by atoms with Gasteiger partial charge in [-0.2, -0.15) is 0 Å². The van der Waals surface area contributed by atoms with Gasteiger partial charge in [0.2, 0.25) is 5.13 Å². The molecule has 0 fully saturated rings. The van der Waals surface area contributed by atoms with Gasteiger partial charge < -0.3 is 0 Å². The highest BCUT2D eigenvalue weighted by Crippen LogP contribution is 2.18. The van der Waals surface area contributed by atoms with Gasteiger partial charge in [-0.25, -0.2) is 0 Å². The van der Waals surface area contributed by atoms with E-state index in [0.29, 0.717) is 21.6 Å². The molecule has 0 aliphatic rings. The van der Waals surface area contributed by atoms with Crippen LogP contribution in [0, 0.1) is 13.8 Å². The van der Waals surface area contributed by atoms with E-state index in [-0.39, 0.29) is 5.91 Å². The molecule has 1 aromatic carbocycles. The molecule has 1 heterocycles. The lowest BCUT2D eigenvalue weighted by atomic mass is 10.1. The van der Waals surface area contributed by atoms with Gasteiger partial charge in [0.15, 0.2) is 0 Å². The van der Waals surface area contributed by atoms with Gasteiger partial charge >= 0.3 is 0 Å². The number of amides is 1. The number of benzene rings is 1. The Morgan fingerprint density at radius 2 is 2.11 bits per heavy atom. The van der Waals surface area contributed by atoms with E-state index < -0.39 is 0 Å². The number of hydrogen-bond donors (Lipinski definition) is 1. The monoisotopic (exact) mass is 281 g/mol. The predicted octanol–water partition coefficient (Wildman–Crippen LogP) is 3.15. The standard InChI is InChI=1S/C12H12ClN3OS/c1-7-3-4-9(5-8(7)2)11(17)14-12-16-15-10(6-13)18-12/h3-5H,6H2,1-2H3,(H,14,16,17). The van der Waals surface area contributed by atoms with E-state index in [0.717, 1.165) is 11.1 Å². The summed E-state index contributed by atoms with van der Waals surface area (Å²) < 4.78 is 0. The summed E-state index contributed by atoms with van der Waals surface area (Å²) in [6.45, 7) is 3.98. The van der Waals surface area contributed by atoms with E-state index in [4.69, 9.17) is 11.6 Å². The van der Waals surface area contributed by atoms with Crippen LogP contribution in [0.5, 0.6) is 0 Å². The smallest absolute Gasteiger partial charge is 0.257 e. The molecule has 0 aliphatic heterocycles. The molecule has 0 atom stereocenters. The second-order valence-electron chi connectivity index (χ2n) is 3.89. The van der Waals surface area contributed by atoms with Crippen LogP contribution < -0.4 is 5.32 Å². The first-order valence-corrected chi connectivity index (χ1v) is 6.72. The maximum atomic E-state index is 12.0. The van der Waals surface area contributed by atoms with Crippen molar-refractivity contribution < 1.29 is 4.79 Å². The van der Waals surface area contributed by atoms with Crippen LogP contribution in [0.15, 0.2) is 18.2 Å². The van der Waals surface area contributed by atoms with Crippen molar-refractivity contribution in [1.29, 1.82) is 0 Å². The fraction of sp³-hybridized carbons (Fsp3) is 0.250. The summed E-state index contributed by atoms with van der Waals surface area (Å²) in [7, 11) is 0. The Hall–Kier alpha value is -1.46. The highest BCUT2D eigenvalue weighted by molar-refractivity contribution is 7.15. The fourth-order valence-electron chi connectivity index (χ4n) is 1.41. The van der Waals surface area contributed by atoms with Gasteiger partial charge in [0.25, 0.3) is 5.91 Å². The molecule has 2 rings (SSSR count). The zero-order valence-corrected chi connectivity index (χ0v) is 11.6. The molecule has 0 unspecified atom stereocenters. The number of nitrogens with one attached hydrogen (secondary N) is 1. The maximum absolute atomic E-state index is 12.0. The lowest BCUT2D eigenvalue weighted by molar-refractivity contribution is 0.102. The van der Waals surface area contributed by atoms with Crippen molar-refractivity contribution in [3.05, 3.63) is 39.9 Å². The molecule has 1 amide bonds. The number of carbonyl (C=O) groups is 1. The van der Waals surface area contributed by atoms with Crippen molar-refractivity contribution in [2.45, 2.75) is 19.7 Å². The molecule has 1 aromatic heterocycles. The first-order valence-electron chi connectivity index (χ1n) is 5.37. The van der Waals surface area contributed by atoms with Gasteiger partial charge in [-0.1, -0.05) is 17.4 Å². The minimum atomic E-state index is -0.185. The van der Waals surface area contributed by atoms with Crippen molar-refractivity contribution >= 4 is 34.0 Å². The van der Waals surface area contributed by atoms with E-state index >= 15 is 0 Å². The Morgan fingerprint density at radius 3 is 2.72 bits per heavy atom. The zero-order chi connectivity index (χ0) is 13.1. The molecule has 94 valence electrons. The number of hydrogen-bond acceptors (Lipinski definition) is 4. The number of nitrogens with zero attached hydrogens (tertiary/aromatic N) is 2. The predicted molar refractivity (Wildman–Crippen MR) is 73.3 cm³/mol. The molecular weight excluding hydrogens is 270 g/mol. The average molecular weight is 282 g/mol. The van der Waals surface area contributed by atoms with E-state index in [1.54, 1.807) is 6.07 Å². The number of aromatic nitrogens is 2. The highest BCUT2D eigenvalue weighted by atomic mass is 35.5. The van der Waals surface area contributed by atoms with Gasteiger partial charge in [0.05, 0.1) is 5.88 Å². The zero-order valence-electron chi connectivity index (χ0n) is 10.0. The quantitative estimate of drug-likeness (QED) is 0.880. The largest absolute Gasteiger partial charge is 0.296 e. The van der Waals surface area contributed by atoms with Crippen LogP contribution >= 0.6 is 22.9 Å². The molecule has 0 bridgehead atoms. The molecule has 4 nitrogen and oxygen atoms in total. The van der Waals surface area contributed by atoms with Crippen molar-refractivity contribution in [2.24, 2.45) is 0 Å². The van der Waals surface area contributed by atoms with Crippen LogP contribution in [0.4, 0.5) is 5.13 Å². The van der Waals surface area contributed by atoms with Gasteiger partial charge in [-0.3, -0.25) is 10.1 Å². The molecule has 2 aromatic rings. The van der Waals surface area contributed by atoms with E-state index in [9.17, 15) is 4.79 Å². The van der Waals surface area contributed by atoms with Crippen LogP contribution in [0.3, 0.4) is 0 Å². The molecule has 18 heavy (non-hydrogen) atoms. The van der Waals surface area contributed by atoms with Gasteiger partial charge in [0.1, 0.15) is 5.01 Å². The van der Waals surface area contributed by atoms with Crippen LogP contribution in [0.2, 0.25) is 0 Å². The van der Waals surface area contributed by atoms with E-state index in [1.807, 2.05) is 26.0 Å². The SMILES string of the molecule is Cc1ccc(C(=O)Nc2nnc(CCl)s2)cc1C. The highest BCUT2D eigenvalue weighted by Gasteiger charge is 2.10. The molecule has 0 radical (unpaired) electrons. The number of carbonyl (C=O) groups excluding carboxylic acids is 1. The second-order valence-corrected chi connectivity index (χ2v) is 5.22. The Kier molecular flexibility index (Phi) is 3.93. The second kappa shape index (κ2) is 5.46. The molecule has 0 saturated carbocycles. The molecule has 6 heteroatoms. The molecular formula is C12H12ClN3OS. The summed E-state index contributed by atoms with van der Waals surface area (Å²) in [6, 6.07) is 5.57. The normalized spacial score (nSPS) is 10.4. The van der Waals surface area contributed by atoms with Crippen LogP contribution in [0.25, 0.3) is 0 Å². The first kappa shape index (κ1) is 13.0. The molecule has 0 spiro atoms. The van der Waals surface area contributed by atoms with Crippen molar-refractivity contribution in [1.82, 2.24) is 10.2 Å². The van der Waals surface area contributed by atoms with Crippen molar-refractivity contribution in [2.75, 3.05) is 5.32 Å². The summed E-state index contributed by atoms with van der Waals surface area (Å²) in [5, 5.41) is 11.5. The Bertz CT molecular complexity index is 582. The van der Waals surface area contributed by atoms with Gasteiger partial charge in [-0.05, 0) is 37.1 Å². The fourth-order valence-corrected chi connectivity index (χ4v) is 2.21.